The number of benzene rings is 1. The Balaban J connectivity index is 2.00. The zero-order valence-corrected chi connectivity index (χ0v) is 15.6. The van der Waals surface area contributed by atoms with Crippen LogP contribution in [-0.4, -0.2) is 42.6 Å². The van der Waals surface area contributed by atoms with Gasteiger partial charge in [-0.05, 0) is 43.2 Å². The summed E-state index contributed by atoms with van der Waals surface area (Å²) in [5.41, 5.74) is 5.58. The van der Waals surface area contributed by atoms with Crippen molar-refractivity contribution in [2.75, 3.05) is 19.5 Å². The summed E-state index contributed by atoms with van der Waals surface area (Å²) in [6.45, 7) is 1.93. The Morgan fingerprint density at radius 2 is 2.12 bits per heavy atom. The van der Waals surface area contributed by atoms with Crippen molar-refractivity contribution in [3.63, 3.8) is 0 Å². The average Bonchev–Trinajstić information content (AvgIpc) is 2.60. The molecule has 3 N–H and O–H groups in total. The maximum absolute atomic E-state index is 12.5. The number of methoxy groups -OCH3 is 1. The predicted octanol–water partition coefficient (Wildman–Crippen LogP) is 2.35. The van der Waals surface area contributed by atoms with Gasteiger partial charge in [-0.2, -0.15) is 11.8 Å². The summed E-state index contributed by atoms with van der Waals surface area (Å²) in [5.74, 6) is 1.20. The van der Waals surface area contributed by atoms with E-state index in [0.29, 0.717) is 22.3 Å². The third-order valence-electron chi connectivity index (χ3n) is 4.16. The smallest absolute Gasteiger partial charge is 0.255 e. The molecule has 0 heterocycles. The number of carbonyl (C=O) groups excluding carboxylic acids is 2. The zero-order chi connectivity index (χ0) is 18.2. The van der Waals surface area contributed by atoms with Crippen molar-refractivity contribution in [2.24, 2.45) is 5.73 Å². The summed E-state index contributed by atoms with van der Waals surface area (Å²) in [7, 11) is 1.49. The van der Waals surface area contributed by atoms with Crippen molar-refractivity contribution in [1.29, 1.82) is 0 Å². The molecule has 1 saturated carbocycles. The molecule has 25 heavy (non-hydrogen) atoms. The van der Waals surface area contributed by atoms with Gasteiger partial charge in [0.2, 0.25) is 0 Å². The van der Waals surface area contributed by atoms with Crippen LogP contribution >= 0.6 is 11.8 Å². The lowest BCUT2D eigenvalue weighted by atomic mass is 9.94. The van der Waals surface area contributed by atoms with E-state index in [1.165, 1.54) is 13.5 Å². The van der Waals surface area contributed by atoms with Crippen molar-refractivity contribution in [3.8, 4) is 11.5 Å². The van der Waals surface area contributed by atoms with E-state index in [4.69, 9.17) is 15.2 Å². The summed E-state index contributed by atoms with van der Waals surface area (Å²) >= 11 is 1.97. The molecular weight excluding hydrogens is 340 g/mol. The van der Waals surface area contributed by atoms with Gasteiger partial charge in [0, 0.05) is 16.9 Å². The highest BCUT2D eigenvalue weighted by molar-refractivity contribution is 7.99. The Kier molecular flexibility index (Phi) is 7.43. The average molecular weight is 366 g/mol. The molecule has 1 aliphatic rings. The highest BCUT2D eigenvalue weighted by atomic mass is 32.2. The Bertz CT molecular complexity index is 607. The summed E-state index contributed by atoms with van der Waals surface area (Å²) in [4.78, 5) is 23.4. The first-order valence-electron chi connectivity index (χ1n) is 8.55. The van der Waals surface area contributed by atoms with Crippen LogP contribution < -0.4 is 20.5 Å². The van der Waals surface area contributed by atoms with Gasteiger partial charge in [0.1, 0.15) is 0 Å². The molecule has 7 heteroatoms. The van der Waals surface area contributed by atoms with Crippen molar-refractivity contribution >= 4 is 23.6 Å². The SMILES string of the molecule is CCSC1CCCC(NC(=O)c2ccc(OCC(N)=O)c(OC)c2)C1. The number of carbonyl (C=O) groups is 2. The lowest BCUT2D eigenvalue weighted by Gasteiger charge is -2.29. The fourth-order valence-corrected chi connectivity index (χ4v) is 4.18. The van der Waals surface area contributed by atoms with Crippen LogP contribution in [0.1, 0.15) is 43.0 Å². The number of amides is 2. The highest BCUT2D eigenvalue weighted by Gasteiger charge is 2.24. The molecule has 6 nitrogen and oxygen atoms in total. The molecule has 0 aromatic heterocycles. The lowest BCUT2D eigenvalue weighted by Crippen LogP contribution is -2.39. The third-order valence-corrected chi connectivity index (χ3v) is 5.39. The second-order valence-corrected chi connectivity index (χ2v) is 7.61. The lowest BCUT2D eigenvalue weighted by molar-refractivity contribution is -0.119. The van der Waals surface area contributed by atoms with E-state index < -0.39 is 5.91 Å². The number of nitrogens with two attached hydrogens (primary N) is 1. The highest BCUT2D eigenvalue weighted by Crippen LogP contribution is 2.30. The van der Waals surface area contributed by atoms with E-state index in [1.54, 1.807) is 18.2 Å². The summed E-state index contributed by atoms with van der Waals surface area (Å²) in [6.07, 6.45) is 4.40. The van der Waals surface area contributed by atoms with E-state index in [2.05, 4.69) is 12.2 Å². The maximum Gasteiger partial charge on any atom is 0.255 e. The topological polar surface area (TPSA) is 90.6 Å². The van der Waals surface area contributed by atoms with E-state index in [-0.39, 0.29) is 18.6 Å². The number of primary amides is 1. The number of hydrogen-bond donors (Lipinski definition) is 2. The van der Waals surface area contributed by atoms with Gasteiger partial charge in [-0.25, -0.2) is 0 Å². The molecule has 0 spiro atoms. The maximum atomic E-state index is 12.5. The number of nitrogens with one attached hydrogen (secondary N) is 1. The predicted molar refractivity (Wildman–Crippen MR) is 99.3 cm³/mol. The Hall–Kier alpha value is -1.89. The summed E-state index contributed by atoms with van der Waals surface area (Å²) < 4.78 is 10.5. The summed E-state index contributed by atoms with van der Waals surface area (Å²) in [6, 6.07) is 5.11. The molecule has 1 aromatic rings. The largest absolute Gasteiger partial charge is 0.493 e. The van der Waals surface area contributed by atoms with Crippen LogP contribution in [0, 0.1) is 0 Å². The Labute approximate surface area is 152 Å². The van der Waals surface area contributed by atoms with Gasteiger partial charge >= 0.3 is 0 Å². The first-order chi connectivity index (χ1) is 12.0. The second kappa shape index (κ2) is 9.56. The van der Waals surface area contributed by atoms with E-state index in [9.17, 15) is 9.59 Å². The van der Waals surface area contributed by atoms with Gasteiger partial charge < -0.3 is 20.5 Å². The molecule has 0 radical (unpaired) electrons. The van der Waals surface area contributed by atoms with Crippen LogP contribution in [0.3, 0.4) is 0 Å². The molecule has 0 bridgehead atoms. The summed E-state index contributed by atoms with van der Waals surface area (Å²) in [5, 5.41) is 3.75. The van der Waals surface area contributed by atoms with Crippen molar-refractivity contribution < 1.29 is 19.1 Å². The van der Waals surface area contributed by atoms with Gasteiger partial charge in [0.15, 0.2) is 18.1 Å². The molecule has 1 fully saturated rings. The van der Waals surface area contributed by atoms with E-state index in [0.717, 1.165) is 25.0 Å². The Morgan fingerprint density at radius 3 is 2.80 bits per heavy atom. The molecular formula is C18H26N2O4S. The van der Waals surface area contributed by atoms with E-state index in [1.807, 2.05) is 11.8 Å². The molecule has 0 aliphatic heterocycles. The van der Waals surface area contributed by atoms with Crippen LogP contribution in [-0.2, 0) is 4.79 Å². The van der Waals surface area contributed by atoms with Crippen LogP contribution in [0.25, 0.3) is 0 Å². The second-order valence-electron chi connectivity index (χ2n) is 6.03. The molecule has 2 unspecified atom stereocenters. The van der Waals surface area contributed by atoms with Crippen LogP contribution in [0.4, 0.5) is 0 Å². The first kappa shape index (κ1) is 19.4. The standard InChI is InChI=1S/C18H26N2O4S/c1-3-25-14-6-4-5-13(10-14)20-18(22)12-7-8-15(16(9-12)23-2)24-11-17(19)21/h7-9,13-14H,3-6,10-11H2,1-2H3,(H2,19,21)(H,20,22). The van der Waals surface area contributed by atoms with Crippen molar-refractivity contribution in [1.82, 2.24) is 5.32 Å². The quantitative estimate of drug-likeness (QED) is 0.737. The minimum Gasteiger partial charge on any atom is -0.493 e. The van der Waals surface area contributed by atoms with Gasteiger partial charge in [0.25, 0.3) is 11.8 Å². The monoisotopic (exact) mass is 366 g/mol. The zero-order valence-electron chi connectivity index (χ0n) is 14.7. The molecule has 2 rings (SSSR count). The fraction of sp³-hybridized carbons (Fsp3) is 0.556. The van der Waals surface area contributed by atoms with Gasteiger partial charge in [-0.1, -0.05) is 13.3 Å². The minimum atomic E-state index is -0.569. The van der Waals surface area contributed by atoms with Crippen LogP contribution in [0.15, 0.2) is 18.2 Å². The fourth-order valence-electron chi connectivity index (χ4n) is 3.01. The minimum absolute atomic E-state index is 0.119. The van der Waals surface area contributed by atoms with Crippen molar-refractivity contribution in [2.45, 2.75) is 43.9 Å². The number of hydrogen-bond acceptors (Lipinski definition) is 5. The molecule has 1 aliphatic carbocycles. The number of rotatable bonds is 8. The number of ether oxygens (including phenoxy) is 2. The Morgan fingerprint density at radius 1 is 1.32 bits per heavy atom. The molecule has 2 atom stereocenters. The van der Waals surface area contributed by atoms with Crippen molar-refractivity contribution in [3.05, 3.63) is 23.8 Å². The first-order valence-corrected chi connectivity index (χ1v) is 9.60. The number of thioether (sulfide) groups is 1. The molecule has 2 amide bonds. The molecule has 138 valence electrons. The van der Waals surface area contributed by atoms with Gasteiger partial charge in [0.05, 0.1) is 7.11 Å². The third kappa shape index (κ3) is 5.85. The van der Waals surface area contributed by atoms with E-state index >= 15 is 0 Å². The van der Waals surface area contributed by atoms with Gasteiger partial charge in [-0.15, -0.1) is 0 Å². The molecule has 1 aromatic carbocycles. The van der Waals surface area contributed by atoms with Crippen LogP contribution in [0.5, 0.6) is 11.5 Å². The normalized spacial score (nSPS) is 19.9. The van der Waals surface area contributed by atoms with Crippen LogP contribution in [0.2, 0.25) is 0 Å². The molecule has 0 saturated heterocycles. The van der Waals surface area contributed by atoms with Gasteiger partial charge in [-0.3, -0.25) is 9.59 Å².